The van der Waals surface area contributed by atoms with Crippen LogP contribution in [-0.2, 0) is 9.59 Å². The first-order valence-corrected chi connectivity index (χ1v) is 8.96. The molecule has 2 aliphatic heterocycles. The number of fused-ring (bicyclic) bond motifs is 1. The van der Waals surface area contributed by atoms with E-state index in [-0.39, 0.29) is 12.8 Å². The largest absolute Gasteiger partial charge is 0.357 e. The van der Waals surface area contributed by atoms with E-state index in [0.29, 0.717) is 23.3 Å². The highest BCUT2D eigenvalue weighted by Crippen LogP contribution is 2.32. The molecule has 1 fully saturated rings. The Hall–Kier alpha value is -2.54. The maximum absolute atomic E-state index is 12.9. The summed E-state index contributed by atoms with van der Waals surface area (Å²) in [6.45, 7) is 1.87. The predicted molar refractivity (Wildman–Crippen MR) is 94.9 cm³/mol. The van der Waals surface area contributed by atoms with Crippen molar-refractivity contribution in [1.29, 1.82) is 0 Å². The summed E-state index contributed by atoms with van der Waals surface area (Å²) < 4.78 is 0. The van der Waals surface area contributed by atoms with Crippen LogP contribution < -0.4 is 10.6 Å². The Morgan fingerprint density at radius 3 is 2.62 bits per heavy atom. The first-order valence-electron chi connectivity index (χ1n) is 8.96. The molecule has 138 valence electrons. The number of benzene rings is 1. The molecule has 0 spiro atoms. The highest BCUT2D eigenvalue weighted by molar-refractivity contribution is 6.23. The zero-order valence-electron chi connectivity index (χ0n) is 14.8. The van der Waals surface area contributed by atoms with Gasteiger partial charge >= 0.3 is 0 Å². The number of piperidine rings is 1. The standard InChI is InChI=1S/C19H23N3O4/c1-20-17(24)16(3-2-10-23)22-18(25)14-5-4-13(11-15(14)19(22)26)12-6-8-21-9-7-12/h4-5,10-12,16,21H,2-3,6-9H2,1H3,(H,20,24). The molecule has 1 aromatic rings. The summed E-state index contributed by atoms with van der Waals surface area (Å²) in [6.07, 6.45) is 2.89. The van der Waals surface area contributed by atoms with Gasteiger partial charge in [-0.15, -0.1) is 0 Å². The Labute approximate surface area is 152 Å². The van der Waals surface area contributed by atoms with Crippen LogP contribution >= 0.6 is 0 Å². The summed E-state index contributed by atoms with van der Waals surface area (Å²) in [5.74, 6) is -1.01. The highest BCUT2D eigenvalue weighted by Gasteiger charge is 2.42. The van der Waals surface area contributed by atoms with Crippen LogP contribution in [0, 0.1) is 0 Å². The fraction of sp³-hybridized carbons (Fsp3) is 0.474. The third kappa shape index (κ3) is 3.26. The molecule has 1 atom stereocenters. The fourth-order valence-electron chi connectivity index (χ4n) is 3.74. The van der Waals surface area contributed by atoms with E-state index in [2.05, 4.69) is 10.6 Å². The monoisotopic (exact) mass is 357 g/mol. The summed E-state index contributed by atoms with van der Waals surface area (Å²) in [5, 5.41) is 5.78. The molecule has 3 amide bonds. The summed E-state index contributed by atoms with van der Waals surface area (Å²) in [4.78, 5) is 49.5. The molecule has 0 aromatic heterocycles. The molecule has 1 saturated heterocycles. The molecule has 7 heteroatoms. The molecule has 2 N–H and O–H groups in total. The molecule has 2 heterocycles. The summed E-state index contributed by atoms with van der Waals surface area (Å²) in [7, 11) is 1.45. The molecular weight excluding hydrogens is 334 g/mol. The quantitative estimate of drug-likeness (QED) is 0.581. The van der Waals surface area contributed by atoms with E-state index in [0.717, 1.165) is 36.4 Å². The first kappa shape index (κ1) is 18.3. The molecule has 1 aromatic carbocycles. The number of aldehydes is 1. The Bertz CT molecular complexity index is 740. The molecule has 3 rings (SSSR count). The van der Waals surface area contributed by atoms with Crippen molar-refractivity contribution >= 4 is 24.0 Å². The van der Waals surface area contributed by atoms with Crippen LogP contribution in [0.4, 0.5) is 0 Å². The van der Waals surface area contributed by atoms with Gasteiger partial charge in [-0.3, -0.25) is 19.3 Å². The van der Waals surface area contributed by atoms with Crippen LogP contribution in [0.25, 0.3) is 0 Å². The zero-order chi connectivity index (χ0) is 18.7. The predicted octanol–water partition coefficient (Wildman–Crippen LogP) is 0.843. The maximum Gasteiger partial charge on any atom is 0.262 e. The number of hydrogen-bond donors (Lipinski definition) is 2. The van der Waals surface area contributed by atoms with Crippen LogP contribution in [0.1, 0.15) is 57.9 Å². The van der Waals surface area contributed by atoms with Gasteiger partial charge in [-0.2, -0.15) is 0 Å². The van der Waals surface area contributed by atoms with Crippen molar-refractivity contribution in [3.05, 3.63) is 34.9 Å². The Morgan fingerprint density at radius 2 is 1.96 bits per heavy atom. The Morgan fingerprint density at radius 1 is 1.27 bits per heavy atom. The molecule has 26 heavy (non-hydrogen) atoms. The van der Waals surface area contributed by atoms with Crippen molar-refractivity contribution in [1.82, 2.24) is 15.5 Å². The first-order chi connectivity index (χ1) is 12.6. The number of rotatable bonds is 6. The number of carbonyl (C=O) groups excluding carboxylic acids is 4. The highest BCUT2D eigenvalue weighted by atomic mass is 16.2. The van der Waals surface area contributed by atoms with Crippen molar-refractivity contribution in [3.8, 4) is 0 Å². The van der Waals surface area contributed by atoms with Gasteiger partial charge in [0.25, 0.3) is 11.8 Å². The number of imide groups is 1. The molecular formula is C19H23N3O4. The van der Waals surface area contributed by atoms with Crippen molar-refractivity contribution < 1.29 is 19.2 Å². The SMILES string of the molecule is CNC(=O)C(CCC=O)N1C(=O)c2ccc(C3CCNCC3)cc2C1=O. The third-order valence-electron chi connectivity index (χ3n) is 5.17. The van der Waals surface area contributed by atoms with Gasteiger partial charge in [-0.25, -0.2) is 0 Å². The lowest BCUT2D eigenvalue weighted by molar-refractivity contribution is -0.124. The van der Waals surface area contributed by atoms with Crippen LogP contribution in [0.3, 0.4) is 0 Å². The molecule has 0 saturated carbocycles. The van der Waals surface area contributed by atoms with Gasteiger partial charge in [0, 0.05) is 13.5 Å². The molecule has 1 unspecified atom stereocenters. The number of likely N-dealkylation sites (N-methyl/N-ethyl adjacent to an activating group) is 1. The fourth-order valence-corrected chi connectivity index (χ4v) is 3.74. The number of nitrogens with zero attached hydrogens (tertiary/aromatic N) is 1. The van der Waals surface area contributed by atoms with Crippen molar-refractivity contribution in [3.63, 3.8) is 0 Å². The van der Waals surface area contributed by atoms with Gasteiger partial charge in [-0.05, 0) is 56.0 Å². The number of carbonyl (C=O) groups is 4. The molecule has 0 aliphatic carbocycles. The second-order valence-corrected chi connectivity index (χ2v) is 6.68. The van der Waals surface area contributed by atoms with Gasteiger partial charge in [-0.1, -0.05) is 6.07 Å². The lowest BCUT2D eigenvalue weighted by atomic mass is 9.88. The Balaban J connectivity index is 1.90. The van der Waals surface area contributed by atoms with Crippen molar-refractivity contribution in [2.24, 2.45) is 0 Å². The van der Waals surface area contributed by atoms with Gasteiger partial charge in [0.1, 0.15) is 12.3 Å². The van der Waals surface area contributed by atoms with Crippen LogP contribution in [-0.4, -0.2) is 55.1 Å². The van der Waals surface area contributed by atoms with Crippen molar-refractivity contribution in [2.75, 3.05) is 20.1 Å². The average Bonchev–Trinajstić information content (AvgIpc) is 2.93. The minimum absolute atomic E-state index is 0.103. The van der Waals surface area contributed by atoms with Crippen LogP contribution in [0.5, 0.6) is 0 Å². The van der Waals surface area contributed by atoms with E-state index in [1.807, 2.05) is 6.07 Å². The second-order valence-electron chi connectivity index (χ2n) is 6.68. The van der Waals surface area contributed by atoms with Crippen LogP contribution in [0.15, 0.2) is 18.2 Å². The van der Waals surface area contributed by atoms with E-state index >= 15 is 0 Å². The van der Waals surface area contributed by atoms with Gasteiger partial charge in [0.05, 0.1) is 11.1 Å². The van der Waals surface area contributed by atoms with E-state index in [1.54, 1.807) is 12.1 Å². The van der Waals surface area contributed by atoms with Crippen LogP contribution in [0.2, 0.25) is 0 Å². The van der Waals surface area contributed by atoms with E-state index in [1.165, 1.54) is 7.05 Å². The average molecular weight is 357 g/mol. The van der Waals surface area contributed by atoms with E-state index in [4.69, 9.17) is 0 Å². The number of nitrogens with one attached hydrogen (secondary N) is 2. The zero-order valence-corrected chi connectivity index (χ0v) is 14.8. The van der Waals surface area contributed by atoms with Crippen molar-refractivity contribution in [2.45, 2.75) is 37.6 Å². The summed E-state index contributed by atoms with van der Waals surface area (Å²) in [5.41, 5.74) is 1.73. The van der Waals surface area contributed by atoms with E-state index in [9.17, 15) is 19.2 Å². The molecule has 2 aliphatic rings. The van der Waals surface area contributed by atoms with Gasteiger partial charge in [0.2, 0.25) is 5.91 Å². The minimum Gasteiger partial charge on any atom is -0.357 e. The summed E-state index contributed by atoms with van der Waals surface area (Å²) >= 11 is 0. The van der Waals surface area contributed by atoms with Gasteiger partial charge in [0.15, 0.2) is 0 Å². The van der Waals surface area contributed by atoms with E-state index < -0.39 is 23.8 Å². The number of hydrogen-bond acceptors (Lipinski definition) is 5. The minimum atomic E-state index is -0.972. The summed E-state index contributed by atoms with van der Waals surface area (Å²) in [6, 6.07) is 4.42. The molecule has 7 nitrogen and oxygen atoms in total. The molecule has 0 radical (unpaired) electrons. The lowest BCUT2D eigenvalue weighted by Gasteiger charge is -2.24. The number of amides is 3. The molecule has 0 bridgehead atoms. The normalized spacial score (nSPS) is 18.6. The Kier molecular flexibility index (Phi) is 5.46. The smallest absolute Gasteiger partial charge is 0.262 e. The second kappa shape index (κ2) is 7.78. The van der Waals surface area contributed by atoms with Gasteiger partial charge < -0.3 is 15.4 Å². The third-order valence-corrected chi connectivity index (χ3v) is 5.17. The topological polar surface area (TPSA) is 95.6 Å². The maximum atomic E-state index is 12.9. The lowest BCUT2D eigenvalue weighted by Crippen LogP contribution is -2.48.